The average molecular weight is 684 g/mol. The van der Waals surface area contributed by atoms with Gasteiger partial charge in [-0.05, 0) is 89.0 Å². The topological polar surface area (TPSA) is 29.5 Å². The number of furan rings is 2. The molecule has 11 aromatic rings. The van der Waals surface area contributed by atoms with Crippen LogP contribution in [0.2, 0.25) is 0 Å². The summed E-state index contributed by atoms with van der Waals surface area (Å²) in [6.45, 7) is 0. The van der Waals surface area contributed by atoms with Crippen LogP contribution in [0.3, 0.4) is 0 Å². The third-order valence-electron chi connectivity index (χ3n) is 10.3. The number of nitrogens with zero attached hydrogens (tertiary/aromatic N) is 1. The third-order valence-corrected chi connectivity index (χ3v) is 11.4. The summed E-state index contributed by atoms with van der Waals surface area (Å²) >= 11 is 1.84. The first-order chi connectivity index (χ1) is 25.8. The Bertz CT molecular complexity index is 3110. The van der Waals surface area contributed by atoms with Gasteiger partial charge in [-0.2, -0.15) is 0 Å². The number of para-hydroxylation sites is 2. The van der Waals surface area contributed by atoms with Crippen LogP contribution in [0.5, 0.6) is 0 Å². The fourth-order valence-electron chi connectivity index (χ4n) is 7.87. The molecule has 3 aromatic heterocycles. The highest BCUT2D eigenvalue weighted by Crippen LogP contribution is 2.45. The van der Waals surface area contributed by atoms with E-state index < -0.39 is 0 Å². The molecule has 0 aliphatic rings. The molecule has 52 heavy (non-hydrogen) atoms. The zero-order valence-electron chi connectivity index (χ0n) is 27.9. The van der Waals surface area contributed by atoms with E-state index in [0.29, 0.717) is 0 Å². The molecule has 3 nitrogen and oxygen atoms in total. The highest BCUT2D eigenvalue weighted by Gasteiger charge is 2.20. The van der Waals surface area contributed by atoms with E-state index in [9.17, 15) is 0 Å². The van der Waals surface area contributed by atoms with Gasteiger partial charge in [0.2, 0.25) is 0 Å². The van der Waals surface area contributed by atoms with E-state index in [-0.39, 0.29) is 0 Å². The third kappa shape index (κ3) is 4.51. The maximum atomic E-state index is 6.34. The van der Waals surface area contributed by atoms with E-state index in [1.54, 1.807) is 0 Å². The summed E-state index contributed by atoms with van der Waals surface area (Å²) in [6, 6.07) is 62.5. The lowest BCUT2D eigenvalue weighted by Gasteiger charge is -2.26. The quantitative estimate of drug-likeness (QED) is 0.181. The molecule has 0 N–H and O–H groups in total. The number of fused-ring (bicyclic) bond motifs is 10. The minimum absolute atomic E-state index is 0.874. The zero-order chi connectivity index (χ0) is 34.2. The molecule has 0 radical (unpaired) electrons. The Morgan fingerprint density at radius 3 is 1.62 bits per heavy atom. The van der Waals surface area contributed by atoms with Crippen molar-refractivity contribution < 1.29 is 8.83 Å². The van der Waals surface area contributed by atoms with Crippen LogP contribution in [0.25, 0.3) is 86.3 Å². The number of hydrogen-bond donors (Lipinski definition) is 0. The summed E-state index contributed by atoms with van der Waals surface area (Å²) in [5.41, 5.74) is 11.6. The first kappa shape index (κ1) is 29.1. The average Bonchev–Trinajstić information content (AvgIpc) is 3.90. The van der Waals surface area contributed by atoms with Crippen LogP contribution in [0.4, 0.5) is 17.1 Å². The van der Waals surface area contributed by atoms with Crippen LogP contribution in [-0.2, 0) is 0 Å². The van der Waals surface area contributed by atoms with Crippen LogP contribution < -0.4 is 4.90 Å². The molecule has 0 fully saturated rings. The predicted octanol–water partition coefficient (Wildman–Crippen LogP) is 14.7. The molecule has 8 aromatic carbocycles. The van der Waals surface area contributed by atoms with Gasteiger partial charge in [0.1, 0.15) is 22.3 Å². The summed E-state index contributed by atoms with van der Waals surface area (Å²) < 4.78 is 15.1. The highest BCUT2D eigenvalue weighted by atomic mass is 32.1. The van der Waals surface area contributed by atoms with E-state index in [4.69, 9.17) is 8.83 Å². The molecule has 0 spiro atoms. The first-order valence-corrected chi connectivity index (χ1v) is 18.3. The number of thiophene rings is 1. The SMILES string of the molecule is c1ccc(-c2ccc(N(c3ccc(-c4ccc5c(c4)sc4ccc6oc7ccccc7c6c45)cc3)c3cccc4oc5ccccc5c34)cc2)cc1. The van der Waals surface area contributed by atoms with Crippen molar-refractivity contribution in [3.63, 3.8) is 0 Å². The van der Waals surface area contributed by atoms with Crippen molar-refractivity contribution in [3.8, 4) is 22.3 Å². The van der Waals surface area contributed by atoms with Crippen molar-refractivity contribution in [2.45, 2.75) is 0 Å². The van der Waals surface area contributed by atoms with Crippen molar-refractivity contribution in [1.29, 1.82) is 0 Å². The maximum absolute atomic E-state index is 6.34. The van der Waals surface area contributed by atoms with Gasteiger partial charge >= 0.3 is 0 Å². The van der Waals surface area contributed by atoms with E-state index >= 15 is 0 Å². The Kier molecular flexibility index (Phi) is 6.42. The Morgan fingerprint density at radius 1 is 0.346 bits per heavy atom. The highest BCUT2D eigenvalue weighted by molar-refractivity contribution is 7.26. The van der Waals surface area contributed by atoms with Gasteiger partial charge in [-0.25, -0.2) is 0 Å². The Morgan fingerprint density at radius 2 is 0.904 bits per heavy atom. The van der Waals surface area contributed by atoms with Crippen molar-refractivity contribution >= 4 is 92.4 Å². The van der Waals surface area contributed by atoms with Crippen molar-refractivity contribution in [3.05, 3.63) is 176 Å². The minimum atomic E-state index is 0.874. The van der Waals surface area contributed by atoms with E-state index in [1.165, 1.54) is 53.2 Å². The second-order valence-electron chi connectivity index (χ2n) is 13.3. The van der Waals surface area contributed by atoms with Crippen LogP contribution in [0, 0.1) is 0 Å². The molecule has 3 heterocycles. The molecule has 0 aliphatic heterocycles. The Labute approximate surface area is 303 Å². The lowest BCUT2D eigenvalue weighted by Crippen LogP contribution is -2.10. The van der Waals surface area contributed by atoms with Crippen LogP contribution in [-0.4, -0.2) is 0 Å². The number of rotatable bonds is 5. The van der Waals surface area contributed by atoms with Crippen LogP contribution in [0.1, 0.15) is 0 Å². The maximum Gasteiger partial charge on any atom is 0.137 e. The number of anilines is 3. The van der Waals surface area contributed by atoms with Gasteiger partial charge in [-0.1, -0.05) is 109 Å². The van der Waals surface area contributed by atoms with Crippen molar-refractivity contribution in [2.24, 2.45) is 0 Å². The molecule has 0 atom stereocenters. The Hall–Kier alpha value is -6.62. The lowest BCUT2D eigenvalue weighted by molar-refractivity contribution is 0.668. The largest absolute Gasteiger partial charge is 0.456 e. The van der Waals surface area contributed by atoms with Gasteiger partial charge in [-0.3, -0.25) is 0 Å². The minimum Gasteiger partial charge on any atom is -0.456 e. The summed E-state index contributed by atoms with van der Waals surface area (Å²) in [5, 5.41) is 7.12. The molecule has 4 heteroatoms. The van der Waals surface area contributed by atoms with Gasteiger partial charge in [-0.15, -0.1) is 11.3 Å². The van der Waals surface area contributed by atoms with Crippen molar-refractivity contribution in [2.75, 3.05) is 4.90 Å². The zero-order valence-corrected chi connectivity index (χ0v) is 28.7. The molecular weight excluding hydrogens is 655 g/mol. The first-order valence-electron chi connectivity index (χ1n) is 17.5. The standard InChI is InChI=1S/C48H29NO2S/c1-2-9-30(10-3-1)31-17-22-34(23-18-31)49(39-13-8-16-42-46(39)36-11-4-6-14-40(36)50-42)35-24-19-32(20-25-35)33-21-26-38-45(29-33)52-44-28-27-43-47(48(38)44)37-12-5-7-15-41(37)51-43/h1-29H. The molecule has 0 aliphatic carbocycles. The molecule has 0 saturated carbocycles. The fraction of sp³-hybridized carbons (Fsp3) is 0. The van der Waals surface area contributed by atoms with Gasteiger partial charge < -0.3 is 13.7 Å². The summed E-state index contributed by atoms with van der Waals surface area (Å²) in [4.78, 5) is 2.35. The van der Waals surface area contributed by atoms with Crippen LogP contribution >= 0.6 is 11.3 Å². The van der Waals surface area contributed by atoms with Gasteiger partial charge in [0, 0.05) is 47.7 Å². The second-order valence-corrected chi connectivity index (χ2v) is 14.4. The number of benzene rings is 8. The normalized spacial score (nSPS) is 11.8. The molecule has 244 valence electrons. The molecular formula is C48H29NO2S. The summed E-state index contributed by atoms with van der Waals surface area (Å²) in [5.74, 6) is 0. The monoisotopic (exact) mass is 683 g/mol. The van der Waals surface area contributed by atoms with Crippen molar-refractivity contribution in [1.82, 2.24) is 0 Å². The van der Waals surface area contributed by atoms with Gasteiger partial charge in [0.05, 0.1) is 11.1 Å². The predicted molar refractivity (Wildman–Crippen MR) is 219 cm³/mol. The fourth-order valence-corrected chi connectivity index (χ4v) is 9.02. The second kappa shape index (κ2) is 11.5. The molecule has 0 amide bonds. The molecule has 0 unspecified atom stereocenters. The van der Waals surface area contributed by atoms with Crippen LogP contribution in [0.15, 0.2) is 185 Å². The van der Waals surface area contributed by atoms with Gasteiger partial charge in [0.15, 0.2) is 0 Å². The molecule has 0 bridgehead atoms. The molecule has 11 rings (SSSR count). The van der Waals surface area contributed by atoms with E-state index in [0.717, 1.165) is 50.2 Å². The van der Waals surface area contributed by atoms with E-state index in [2.05, 4.69) is 163 Å². The molecule has 0 saturated heterocycles. The van der Waals surface area contributed by atoms with E-state index in [1.807, 2.05) is 29.5 Å². The summed E-state index contributed by atoms with van der Waals surface area (Å²) in [7, 11) is 0. The van der Waals surface area contributed by atoms with Gasteiger partial charge in [0.25, 0.3) is 0 Å². The number of hydrogen-bond acceptors (Lipinski definition) is 4. The summed E-state index contributed by atoms with van der Waals surface area (Å²) in [6.07, 6.45) is 0. The smallest absolute Gasteiger partial charge is 0.137 e. The lowest BCUT2D eigenvalue weighted by atomic mass is 10.0. The Balaban J connectivity index is 1.03.